The van der Waals surface area contributed by atoms with Gasteiger partial charge in [-0.2, -0.15) is 4.98 Å². The molecular formula is C17H18N6O3. The molecule has 2 amide bonds. The SMILES string of the molecule is CCOc1ccc(C(=O)NNC(=O)c2nc3nc(C)cc(C)n3n2)cc1. The van der Waals surface area contributed by atoms with Crippen molar-refractivity contribution in [2.75, 3.05) is 6.61 Å². The maximum atomic E-state index is 12.2. The number of hydrogen-bond acceptors (Lipinski definition) is 6. The van der Waals surface area contributed by atoms with Gasteiger partial charge in [-0.25, -0.2) is 9.50 Å². The molecule has 0 saturated carbocycles. The van der Waals surface area contributed by atoms with E-state index >= 15 is 0 Å². The third-order valence-corrected chi connectivity index (χ3v) is 3.54. The van der Waals surface area contributed by atoms with Gasteiger partial charge in [0.1, 0.15) is 5.75 Å². The van der Waals surface area contributed by atoms with Crippen LogP contribution in [0.1, 0.15) is 39.3 Å². The highest BCUT2D eigenvalue weighted by molar-refractivity contribution is 5.97. The highest BCUT2D eigenvalue weighted by Crippen LogP contribution is 2.11. The number of nitrogens with zero attached hydrogens (tertiary/aromatic N) is 4. The molecule has 0 bridgehead atoms. The lowest BCUT2D eigenvalue weighted by Gasteiger charge is -2.07. The molecule has 0 fully saturated rings. The van der Waals surface area contributed by atoms with Crippen molar-refractivity contribution in [3.05, 3.63) is 53.1 Å². The molecule has 0 atom stereocenters. The van der Waals surface area contributed by atoms with E-state index in [9.17, 15) is 9.59 Å². The van der Waals surface area contributed by atoms with E-state index in [1.54, 1.807) is 24.3 Å². The van der Waals surface area contributed by atoms with Crippen LogP contribution in [0.5, 0.6) is 5.75 Å². The smallest absolute Gasteiger partial charge is 0.309 e. The molecular weight excluding hydrogens is 336 g/mol. The second-order valence-electron chi connectivity index (χ2n) is 5.55. The van der Waals surface area contributed by atoms with E-state index in [0.717, 1.165) is 11.4 Å². The van der Waals surface area contributed by atoms with Crippen molar-refractivity contribution in [1.82, 2.24) is 30.4 Å². The Bertz CT molecular complexity index is 965. The molecule has 9 nitrogen and oxygen atoms in total. The molecule has 0 aliphatic rings. The first-order valence-corrected chi connectivity index (χ1v) is 8.02. The molecule has 0 aliphatic heterocycles. The number of benzene rings is 1. The summed E-state index contributed by atoms with van der Waals surface area (Å²) >= 11 is 0. The minimum atomic E-state index is -0.633. The van der Waals surface area contributed by atoms with Crippen molar-refractivity contribution in [3.63, 3.8) is 0 Å². The molecule has 2 N–H and O–H groups in total. The zero-order valence-corrected chi connectivity index (χ0v) is 14.6. The largest absolute Gasteiger partial charge is 0.494 e. The summed E-state index contributed by atoms with van der Waals surface area (Å²) in [5.41, 5.74) is 6.59. The lowest BCUT2D eigenvalue weighted by molar-refractivity contribution is 0.0841. The number of carbonyl (C=O) groups excluding carboxylic acids is 2. The number of aromatic nitrogens is 4. The molecule has 1 aromatic carbocycles. The first kappa shape index (κ1) is 17.3. The summed E-state index contributed by atoms with van der Waals surface area (Å²) in [7, 11) is 0. The molecule has 3 aromatic rings. The third-order valence-electron chi connectivity index (χ3n) is 3.54. The molecule has 3 rings (SSSR count). The van der Waals surface area contributed by atoms with Crippen molar-refractivity contribution in [3.8, 4) is 5.75 Å². The fraction of sp³-hybridized carbons (Fsp3) is 0.235. The summed E-state index contributed by atoms with van der Waals surface area (Å²) in [5.74, 6) is -0.189. The van der Waals surface area contributed by atoms with Crippen LogP contribution in [0, 0.1) is 13.8 Å². The van der Waals surface area contributed by atoms with Crippen LogP contribution in [0.3, 0.4) is 0 Å². The van der Waals surface area contributed by atoms with Gasteiger partial charge in [0.15, 0.2) is 0 Å². The molecule has 0 radical (unpaired) electrons. The molecule has 2 aromatic heterocycles. The van der Waals surface area contributed by atoms with Crippen LogP contribution < -0.4 is 15.6 Å². The first-order valence-electron chi connectivity index (χ1n) is 8.02. The van der Waals surface area contributed by atoms with Crippen molar-refractivity contribution in [2.24, 2.45) is 0 Å². The summed E-state index contributed by atoms with van der Waals surface area (Å²) in [6, 6.07) is 8.40. The highest BCUT2D eigenvalue weighted by Gasteiger charge is 2.16. The van der Waals surface area contributed by atoms with E-state index in [4.69, 9.17) is 4.74 Å². The summed E-state index contributed by atoms with van der Waals surface area (Å²) in [6.45, 7) is 6.09. The molecule has 0 saturated heterocycles. The Balaban J connectivity index is 1.66. The molecule has 0 spiro atoms. The first-order chi connectivity index (χ1) is 12.5. The number of carbonyl (C=O) groups is 2. The minimum Gasteiger partial charge on any atom is -0.494 e. The Kier molecular flexibility index (Phi) is 4.78. The van der Waals surface area contributed by atoms with Gasteiger partial charge in [-0.1, -0.05) is 0 Å². The monoisotopic (exact) mass is 354 g/mol. The average molecular weight is 354 g/mol. The molecule has 9 heteroatoms. The van der Waals surface area contributed by atoms with Crippen LogP contribution in [-0.4, -0.2) is 38.0 Å². The van der Waals surface area contributed by atoms with Gasteiger partial charge in [-0.15, -0.1) is 5.10 Å². The Morgan fingerprint density at radius 2 is 1.77 bits per heavy atom. The fourth-order valence-corrected chi connectivity index (χ4v) is 2.37. The number of hydrazine groups is 1. The van der Waals surface area contributed by atoms with Crippen molar-refractivity contribution < 1.29 is 14.3 Å². The van der Waals surface area contributed by atoms with Crippen LogP contribution in [0.2, 0.25) is 0 Å². The number of hydrogen-bond donors (Lipinski definition) is 2. The van der Waals surface area contributed by atoms with Gasteiger partial charge in [0.2, 0.25) is 5.82 Å². The number of amides is 2. The van der Waals surface area contributed by atoms with Gasteiger partial charge in [-0.05, 0) is 51.1 Å². The van der Waals surface area contributed by atoms with E-state index in [1.807, 2.05) is 26.8 Å². The van der Waals surface area contributed by atoms with E-state index in [0.29, 0.717) is 23.7 Å². The number of rotatable bonds is 4. The summed E-state index contributed by atoms with van der Waals surface area (Å²) in [6.07, 6.45) is 0. The summed E-state index contributed by atoms with van der Waals surface area (Å²) < 4.78 is 6.79. The van der Waals surface area contributed by atoms with Crippen LogP contribution in [0.4, 0.5) is 0 Å². The van der Waals surface area contributed by atoms with Crippen molar-refractivity contribution >= 4 is 17.6 Å². The third kappa shape index (κ3) is 3.61. The van der Waals surface area contributed by atoms with Crippen LogP contribution in [0.25, 0.3) is 5.78 Å². The molecule has 134 valence electrons. The number of ether oxygens (including phenoxy) is 1. The lowest BCUT2D eigenvalue weighted by Crippen LogP contribution is -2.42. The highest BCUT2D eigenvalue weighted by atomic mass is 16.5. The summed E-state index contributed by atoms with van der Waals surface area (Å²) in [4.78, 5) is 32.6. The van der Waals surface area contributed by atoms with Crippen LogP contribution in [0.15, 0.2) is 30.3 Å². The maximum Gasteiger partial charge on any atom is 0.309 e. The number of fused-ring (bicyclic) bond motifs is 1. The van der Waals surface area contributed by atoms with E-state index in [2.05, 4.69) is 25.9 Å². The van der Waals surface area contributed by atoms with Gasteiger partial charge in [0.25, 0.3) is 11.7 Å². The maximum absolute atomic E-state index is 12.2. The van der Waals surface area contributed by atoms with Gasteiger partial charge in [0.05, 0.1) is 6.61 Å². The van der Waals surface area contributed by atoms with E-state index in [-0.39, 0.29) is 5.82 Å². The predicted octanol–water partition coefficient (Wildman–Crippen LogP) is 1.21. The Hall–Kier alpha value is -3.49. The van der Waals surface area contributed by atoms with Crippen LogP contribution >= 0.6 is 0 Å². The molecule has 2 heterocycles. The average Bonchev–Trinajstić information content (AvgIpc) is 3.05. The Morgan fingerprint density at radius 3 is 2.46 bits per heavy atom. The second-order valence-corrected chi connectivity index (χ2v) is 5.55. The van der Waals surface area contributed by atoms with Gasteiger partial charge >= 0.3 is 5.91 Å². The van der Waals surface area contributed by atoms with Crippen molar-refractivity contribution in [2.45, 2.75) is 20.8 Å². The molecule has 0 unspecified atom stereocenters. The quantitative estimate of drug-likeness (QED) is 0.682. The Morgan fingerprint density at radius 1 is 1.08 bits per heavy atom. The summed E-state index contributed by atoms with van der Waals surface area (Å²) in [5, 5.41) is 4.10. The molecule has 0 aliphatic carbocycles. The van der Waals surface area contributed by atoms with Gasteiger partial charge in [0, 0.05) is 17.0 Å². The number of nitrogens with one attached hydrogen (secondary N) is 2. The standard InChI is InChI=1S/C17H18N6O3/c1-4-26-13-7-5-12(6-8-13)15(24)20-21-16(25)14-19-17-18-10(2)9-11(3)23(17)22-14/h5-9H,4H2,1-3H3,(H,20,24)(H,21,25). The fourth-order valence-electron chi connectivity index (χ4n) is 2.37. The lowest BCUT2D eigenvalue weighted by atomic mass is 10.2. The number of aryl methyl sites for hydroxylation is 2. The van der Waals surface area contributed by atoms with Gasteiger partial charge in [-0.3, -0.25) is 20.4 Å². The van der Waals surface area contributed by atoms with Crippen LogP contribution in [-0.2, 0) is 0 Å². The molecule has 26 heavy (non-hydrogen) atoms. The van der Waals surface area contributed by atoms with E-state index < -0.39 is 11.8 Å². The minimum absolute atomic E-state index is 0.0850. The second kappa shape index (κ2) is 7.18. The normalized spacial score (nSPS) is 10.6. The van der Waals surface area contributed by atoms with Crippen molar-refractivity contribution in [1.29, 1.82) is 0 Å². The van der Waals surface area contributed by atoms with Gasteiger partial charge < -0.3 is 4.74 Å². The van der Waals surface area contributed by atoms with E-state index in [1.165, 1.54) is 4.52 Å². The predicted molar refractivity (Wildman–Crippen MR) is 92.8 cm³/mol. The Labute approximate surface area is 149 Å². The zero-order chi connectivity index (χ0) is 18.7. The zero-order valence-electron chi connectivity index (χ0n) is 14.6. The topological polar surface area (TPSA) is 111 Å².